The number of nitrogens with one attached hydrogen (secondary N) is 1. The first-order chi connectivity index (χ1) is 10.0. The summed E-state index contributed by atoms with van der Waals surface area (Å²) in [4.78, 5) is 12.0. The fourth-order valence-electron chi connectivity index (χ4n) is 1.76. The number of carbonyl (C=O) groups is 1. The average molecular weight is 328 g/mol. The molecule has 1 N–H and O–H groups in total. The lowest BCUT2D eigenvalue weighted by Gasteiger charge is -2.15. The molecule has 112 valence electrons. The second-order valence-electron chi connectivity index (χ2n) is 4.17. The summed E-state index contributed by atoms with van der Waals surface area (Å²) in [6.45, 7) is 1.86. The molecule has 1 amide bonds. The average Bonchev–Trinajstić information content (AvgIpc) is 2.93. The zero-order valence-electron chi connectivity index (χ0n) is 11.7. The molecule has 1 heterocycles. The van der Waals surface area contributed by atoms with Gasteiger partial charge in [0, 0.05) is 0 Å². The van der Waals surface area contributed by atoms with Gasteiger partial charge in [-0.1, -0.05) is 17.4 Å². The maximum absolute atomic E-state index is 12.0. The third-order valence-corrected chi connectivity index (χ3v) is 3.87. The molecule has 2 aromatic rings. The molecule has 0 saturated heterocycles. The molecule has 0 aliphatic heterocycles. The van der Waals surface area contributed by atoms with Crippen LogP contribution in [-0.2, 0) is 0 Å². The van der Waals surface area contributed by atoms with Crippen LogP contribution in [0.2, 0.25) is 4.47 Å². The molecule has 0 radical (unpaired) electrons. The standard InChI is InChI=1S/C13H14ClN3O3S/c1-7(15-11(18)12-16-17-13(14)21-12)8-4-5-9(19-2)10(6-8)20-3/h4-7H,1-3H3,(H,15,18). The Hall–Kier alpha value is -1.86. The molecule has 1 atom stereocenters. The predicted molar refractivity (Wildman–Crippen MR) is 80.3 cm³/mol. The highest BCUT2D eigenvalue weighted by atomic mass is 35.5. The molecule has 1 unspecified atom stereocenters. The molecule has 6 nitrogen and oxygen atoms in total. The van der Waals surface area contributed by atoms with E-state index in [2.05, 4.69) is 15.5 Å². The lowest BCUT2D eigenvalue weighted by atomic mass is 10.1. The first kappa shape index (κ1) is 15.5. The molecule has 0 spiro atoms. The van der Waals surface area contributed by atoms with Crippen molar-refractivity contribution in [3.8, 4) is 11.5 Å². The summed E-state index contributed by atoms with van der Waals surface area (Å²) < 4.78 is 10.7. The van der Waals surface area contributed by atoms with E-state index in [-0.39, 0.29) is 21.4 Å². The normalized spacial score (nSPS) is 11.8. The number of hydrogen-bond acceptors (Lipinski definition) is 6. The molecule has 1 aromatic carbocycles. The number of rotatable bonds is 5. The zero-order chi connectivity index (χ0) is 15.4. The molecular formula is C13H14ClN3O3S. The Balaban J connectivity index is 2.13. The summed E-state index contributed by atoms with van der Waals surface area (Å²) in [7, 11) is 3.13. The Morgan fingerprint density at radius 1 is 1.29 bits per heavy atom. The van der Waals surface area contributed by atoms with Gasteiger partial charge in [0.2, 0.25) is 9.47 Å². The van der Waals surface area contributed by atoms with Crippen molar-refractivity contribution in [2.45, 2.75) is 13.0 Å². The lowest BCUT2D eigenvalue weighted by molar-refractivity contribution is 0.0938. The molecule has 21 heavy (non-hydrogen) atoms. The molecule has 0 saturated carbocycles. The van der Waals surface area contributed by atoms with Crippen molar-refractivity contribution in [1.29, 1.82) is 0 Å². The first-order valence-electron chi connectivity index (χ1n) is 6.07. The van der Waals surface area contributed by atoms with Gasteiger partial charge in [-0.25, -0.2) is 0 Å². The number of benzene rings is 1. The summed E-state index contributed by atoms with van der Waals surface area (Å²) in [5, 5.41) is 10.4. The van der Waals surface area contributed by atoms with Crippen LogP contribution in [0.5, 0.6) is 11.5 Å². The number of nitrogens with zero attached hydrogens (tertiary/aromatic N) is 2. The molecular weight excluding hydrogens is 314 g/mol. The van der Waals surface area contributed by atoms with E-state index in [4.69, 9.17) is 21.1 Å². The van der Waals surface area contributed by atoms with Crippen molar-refractivity contribution in [2.75, 3.05) is 14.2 Å². The van der Waals surface area contributed by atoms with Gasteiger partial charge in [-0.2, -0.15) is 0 Å². The number of aromatic nitrogens is 2. The van der Waals surface area contributed by atoms with E-state index in [0.29, 0.717) is 11.5 Å². The highest BCUT2D eigenvalue weighted by Crippen LogP contribution is 2.30. The fourth-order valence-corrected chi connectivity index (χ4v) is 2.49. The van der Waals surface area contributed by atoms with Gasteiger partial charge in [-0.3, -0.25) is 4.79 Å². The summed E-state index contributed by atoms with van der Waals surface area (Å²) in [6.07, 6.45) is 0. The van der Waals surface area contributed by atoms with E-state index in [0.717, 1.165) is 16.9 Å². The Morgan fingerprint density at radius 3 is 2.57 bits per heavy atom. The monoisotopic (exact) mass is 327 g/mol. The van der Waals surface area contributed by atoms with Crippen molar-refractivity contribution in [2.24, 2.45) is 0 Å². The van der Waals surface area contributed by atoms with Crippen molar-refractivity contribution >= 4 is 28.8 Å². The van der Waals surface area contributed by atoms with E-state index >= 15 is 0 Å². The maximum atomic E-state index is 12.0. The summed E-state index contributed by atoms with van der Waals surface area (Å²) in [6, 6.07) is 5.24. The minimum atomic E-state index is -0.318. The van der Waals surface area contributed by atoms with Gasteiger partial charge < -0.3 is 14.8 Å². The van der Waals surface area contributed by atoms with Gasteiger partial charge in [0.15, 0.2) is 11.5 Å². The van der Waals surface area contributed by atoms with Gasteiger partial charge in [-0.15, -0.1) is 10.2 Å². The van der Waals surface area contributed by atoms with Crippen LogP contribution in [0.15, 0.2) is 18.2 Å². The van der Waals surface area contributed by atoms with Crippen molar-refractivity contribution < 1.29 is 14.3 Å². The minimum Gasteiger partial charge on any atom is -0.493 e. The number of ether oxygens (including phenoxy) is 2. The minimum absolute atomic E-state index is 0.222. The third-order valence-electron chi connectivity index (χ3n) is 2.85. The molecule has 0 bridgehead atoms. The Bertz CT molecular complexity index is 647. The van der Waals surface area contributed by atoms with Gasteiger partial charge >= 0.3 is 0 Å². The quantitative estimate of drug-likeness (QED) is 0.914. The van der Waals surface area contributed by atoms with Crippen LogP contribution in [-0.4, -0.2) is 30.3 Å². The molecule has 0 aliphatic rings. The molecule has 2 rings (SSSR count). The SMILES string of the molecule is COc1ccc(C(C)NC(=O)c2nnc(Cl)s2)cc1OC. The topological polar surface area (TPSA) is 73.3 Å². The van der Waals surface area contributed by atoms with Gasteiger partial charge in [0.1, 0.15) is 0 Å². The summed E-state index contributed by atoms with van der Waals surface area (Å²) in [5.41, 5.74) is 0.886. The number of hydrogen-bond donors (Lipinski definition) is 1. The van der Waals surface area contributed by atoms with E-state index in [1.54, 1.807) is 20.3 Å². The van der Waals surface area contributed by atoms with Crippen LogP contribution < -0.4 is 14.8 Å². The molecule has 0 aliphatic carbocycles. The Labute approximate surface area is 131 Å². The van der Waals surface area contributed by atoms with E-state index in [1.807, 2.05) is 19.1 Å². The second kappa shape index (κ2) is 6.73. The van der Waals surface area contributed by atoms with Crippen LogP contribution in [0, 0.1) is 0 Å². The van der Waals surface area contributed by atoms with Crippen LogP contribution in [0.25, 0.3) is 0 Å². The third kappa shape index (κ3) is 3.62. The van der Waals surface area contributed by atoms with Crippen molar-refractivity contribution in [3.63, 3.8) is 0 Å². The highest BCUT2D eigenvalue weighted by Gasteiger charge is 2.16. The Morgan fingerprint density at radius 2 is 2.00 bits per heavy atom. The number of amides is 1. The maximum Gasteiger partial charge on any atom is 0.282 e. The fraction of sp³-hybridized carbons (Fsp3) is 0.308. The Kier molecular flexibility index (Phi) is 4.98. The number of methoxy groups -OCH3 is 2. The largest absolute Gasteiger partial charge is 0.493 e. The van der Waals surface area contributed by atoms with Crippen LogP contribution in [0.1, 0.15) is 28.3 Å². The van der Waals surface area contributed by atoms with Gasteiger partial charge in [0.05, 0.1) is 20.3 Å². The van der Waals surface area contributed by atoms with Gasteiger partial charge in [-0.05, 0) is 36.2 Å². The van der Waals surface area contributed by atoms with Gasteiger partial charge in [0.25, 0.3) is 5.91 Å². The highest BCUT2D eigenvalue weighted by molar-refractivity contribution is 7.17. The van der Waals surface area contributed by atoms with E-state index in [9.17, 15) is 4.79 Å². The van der Waals surface area contributed by atoms with Crippen LogP contribution >= 0.6 is 22.9 Å². The van der Waals surface area contributed by atoms with Crippen LogP contribution in [0.4, 0.5) is 0 Å². The van der Waals surface area contributed by atoms with Crippen LogP contribution in [0.3, 0.4) is 0 Å². The van der Waals surface area contributed by atoms with Crippen molar-refractivity contribution in [3.05, 3.63) is 33.2 Å². The number of carbonyl (C=O) groups excluding carboxylic acids is 1. The summed E-state index contributed by atoms with van der Waals surface area (Å²) in [5.74, 6) is 0.924. The van der Waals surface area contributed by atoms with E-state index in [1.165, 1.54) is 0 Å². The van der Waals surface area contributed by atoms with E-state index < -0.39 is 0 Å². The molecule has 1 aromatic heterocycles. The van der Waals surface area contributed by atoms with Crippen molar-refractivity contribution in [1.82, 2.24) is 15.5 Å². The second-order valence-corrected chi connectivity index (χ2v) is 5.73. The lowest BCUT2D eigenvalue weighted by Crippen LogP contribution is -2.26. The number of halogens is 1. The zero-order valence-corrected chi connectivity index (χ0v) is 13.3. The molecule has 8 heteroatoms. The summed E-state index contributed by atoms with van der Waals surface area (Å²) >= 11 is 6.70. The molecule has 0 fully saturated rings. The predicted octanol–water partition coefficient (Wildman–Crippen LogP) is 2.70. The first-order valence-corrected chi connectivity index (χ1v) is 7.26. The smallest absolute Gasteiger partial charge is 0.282 e.